The summed E-state index contributed by atoms with van der Waals surface area (Å²) >= 11 is 6.47. The Morgan fingerprint density at radius 2 is 2.12 bits per heavy atom. The van der Waals surface area contributed by atoms with E-state index in [9.17, 15) is 18.0 Å². The molecular formula is C21H24N4O4S3. The smallest absolute Gasteiger partial charge is 0.267 e. The maximum absolute atomic E-state index is 13.2. The van der Waals surface area contributed by atoms with Crippen molar-refractivity contribution < 1.29 is 13.2 Å². The molecule has 2 saturated heterocycles. The van der Waals surface area contributed by atoms with Gasteiger partial charge in [0.25, 0.3) is 11.5 Å². The number of fused-ring (bicyclic) bond motifs is 1. The number of anilines is 1. The van der Waals surface area contributed by atoms with Crippen LogP contribution in [0.5, 0.6) is 0 Å². The topological polar surface area (TPSA) is 101 Å². The Bertz CT molecular complexity index is 1270. The second-order valence-corrected chi connectivity index (χ2v) is 11.8. The molecule has 32 heavy (non-hydrogen) atoms. The summed E-state index contributed by atoms with van der Waals surface area (Å²) in [5.74, 6) is 0.0229. The third-order valence-electron chi connectivity index (χ3n) is 5.51. The Kier molecular flexibility index (Phi) is 6.68. The first-order valence-corrected chi connectivity index (χ1v) is 13.6. The largest absolute Gasteiger partial charge is 0.369 e. The average molecular weight is 493 g/mol. The molecule has 1 amide bonds. The molecule has 2 aliphatic rings. The summed E-state index contributed by atoms with van der Waals surface area (Å²) in [6.07, 6.45) is 6.59. The zero-order valence-electron chi connectivity index (χ0n) is 17.6. The molecule has 4 rings (SSSR count). The van der Waals surface area contributed by atoms with Crippen molar-refractivity contribution in [2.45, 2.75) is 38.6 Å². The van der Waals surface area contributed by atoms with E-state index in [1.54, 1.807) is 18.3 Å². The highest BCUT2D eigenvalue weighted by atomic mass is 32.2. The molecule has 1 N–H and O–H groups in total. The summed E-state index contributed by atoms with van der Waals surface area (Å²) in [4.78, 5) is 32.6. The van der Waals surface area contributed by atoms with Crippen molar-refractivity contribution in [2.24, 2.45) is 0 Å². The first kappa shape index (κ1) is 22.9. The predicted octanol–water partition coefficient (Wildman–Crippen LogP) is 2.68. The van der Waals surface area contributed by atoms with Gasteiger partial charge in [-0.2, -0.15) is 0 Å². The minimum absolute atomic E-state index is 0.0511. The van der Waals surface area contributed by atoms with Crippen molar-refractivity contribution in [1.82, 2.24) is 14.3 Å². The molecule has 0 spiro atoms. The number of thioether (sulfide) groups is 1. The lowest BCUT2D eigenvalue weighted by Crippen LogP contribution is -2.39. The number of unbranched alkanes of at least 4 members (excludes halogenated alkanes) is 2. The van der Waals surface area contributed by atoms with E-state index < -0.39 is 15.9 Å². The minimum atomic E-state index is -3.16. The molecule has 2 aliphatic heterocycles. The van der Waals surface area contributed by atoms with E-state index in [1.807, 2.05) is 6.07 Å². The van der Waals surface area contributed by atoms with Gasteiger partial charge in [0.05, 0.1) is 28.0 Å². The van der Waals surface area contributed by atoms with Crippen molar-refractivity contribution in [1.29, 1.82) is 0 Å². The highest BCUT2D eigenvalue weighted by Crippen LogP contribution is 2.36. The molecule has 4 heterocycles. The van der Waals surface area contributed by atoms with E-state index in [1.165, 1.54) is 15.4 Å². The average Bonchev–Trinajstić information content (AvgIpc) is 3.25. The summed E-state index contributed by atoms with van der Waals surface area (Å²) in [6.45, 7) is 2.77. The van der Waals surface area contributed by atoms with E-state index in [4.69, 9.17) is 12.2 Å². The van der Waals surface area contributed by atoms with Gasteiger partial charge in [-0.1, -0.05) is 49.8 Å². The molecule has 8 nitrogen and oxygen atoms in total. The van der Waals surface area contributed by atoms with Crippen LogP contribution in [0.1, 0.15) is 38.2 Å². The number of sulfone groups is 1. The summed E-state index contributed by atoms with van der Waals surface area (Å²) in [5.41, 5.74) is 0.503. The van der Waals surface area contributed by atoms with Crippen molar-refractivity contribution >= 4 is 61.6 Å². The van der Waals surface area contributed by atoms with Crippen molar-refractivity contribution in [2.75, 3.05) is 23.4 Å². The molecule has 1 atom stereocenters. The second kappa shape index (κ2) is 9.32. The van der Waals surface area contributed by atoms with Crippen LogP contribution in [-0.4, -0.2) is 57.0 Å². The molecule has 11 heteroatoms. The van der Waals surface area contributed by atoms with Crippen LogP contribution in [0.3, 0.4) is 0 Å². The van der Waals surface area contributed by atoms with Crippen LogP contribution in [0, 0.1) is 0 Å². The third-order valence-corrected chi connectivity index (χ3v) is 8.60. The van der Waals surface area contributed by atoms with E-state index in [2.05, 4.69) is 17.2 Å². The third kappa shape index (κ3) is 4.60. The van der Waals surface area contributed by atoms with Gasteiger partial charge in [0.1, 0.15) is 15.8 Å². The molecule has 0 bridgehead atoms. The molecule has 170 valence electrons. The van der Waals surface area contributed by atoms with Gasteiger partial charge in [0.2, 0.25) is 0 Å². The molecule has 0 aromatic carbocycles. The maximum Gasteiger partial charge on any atom is 0.267 e. The zero-order chi connectivity index (χ0) is 22.9. The number of hydrogen-bond donors (Lipinski definition) is 1. The Balaban J connectivity index is 1.70. The van der Waals surface area contributed by atoms with Crippen LogP contribution >= 0.6 is 24.0 Å². The Labute approximate surface area is 196 Å². The van der Waals surface area contributed by atoms with Crippen LogP contribution in [0.2, 0.25) is 0 Å². The number of nitrogens with zero attached hydrogens (tertiary/aromatic N) is 3. The van der Waals surface area contributed by atoms with Gasteiger partial charge in [-0.15, -0.1) is 0 Å². The summed E-state index contributed by atoms with van der Waals surface area (Å²) in [7, 11) is -3.16. The molecule has 0 radical (unpaired) electrons. The van der Waals surface area contributed by atoms with Crippen LogP contribution in [0.4, 0.5) is 5.82 Å². The number of carbonyl (C=O) groups is 1. The van der Waals surface area contributed by atoms with Crippen molar-refractivity contribution in [3.05, 3.63) is 45.2 Å². The van der Waals surface area contributed by atoms with Gasteiger partial charge in [-0.05, 0) is 31.1 Å². The minimum Gasteiger partial charge on any atom is -0.369 e. The summed E-state index contributed by atoms with van der Waals surface area (Å²) < 4.78 is 25.5. The van der Waals surface area contributed by atoms with Crippen LogP contribution < -0.4 is 10.9 Å². The number of nitrogens with one attached hydrogen (secondary N) is 1. The van der Waals surface area contributed by atoms with Gasteiger partial charge in [0.15, 0.2) is 9.84 Å². The first-order chi connectivity index (χ1) is 15.3. The molecule has 0 saturated carbocycles. The van der Waals surface area contributed by atoms with Crippen LogP contribution in [0.25, 0.3) is 11.7 Å². The second-order valence-electron chi connectivity index (χ2n) is 7.85. The maximum atomic E-state index is 13.2. The van der Waals surface area contributed by atoms with E-state index in [-0.39, 0.29) is 28.5 Å². The normalized spacial score (nSPS) is 21.7. The zero-order valence-corrected chi connectivity index (χ0v) is 20.1. The summed E-state index contributed by atoms with van der Waals surface area (Å²) in [5, 5.41) is 3.24. The molecule has 2 aromatic heterocycles. The van der Waals surface area contributed by atoms with E-state index in [0.717, 1.165) is 31.0 Å². The highest BCUT2D eigenvalue weighted by Gasteiger charge is 2.42. The monoisotopic (exact) mass is 492 g/mol. The predicted molar refractivity (Wildman–Crippen MR) is 132 cm³/mol. The number of carbonyl (C=O) groups excluding carboxylic acids is 1. The first-order valence-electron chi connectivity index (χ1n) is 10.5. The van der Waals surface area contributed by atoms with Gasteiger partial charge in [-0.25, -0.2) is 13.4 Å². The Morgan fingerprint density at radius 3 is 2.84 bits per heavy atom. The van der Waals surface area contributed by atoms with Gasteiger partial charge in [0, 0.05) is 12.7 Å². The fourth-order valence-electron chi connectivity index (χ4n) is 3.85. The number of aromatic nitrogens is 2. The fourth-order valence-corrected chi connectivity index (χ4v) is 6.94. The van der Waals surface area contributed by atoms with Crippen molar-refractivity contribution in [3.63, 3.8) is 0 Å². The highest BCUT2D eigenvalue weighted by molar-refractivity contribution is 8.26. The van der Waals surface area contributed by atoms with Crippen LogP contribution in [0.15, 0.2) is 34.1 Å². The Morgan fingerprint density at radius 1 is 1.31 bits per heavy atom. The quantitative estimate of drug-likeness (QED) is 0.358. The molecular weight excluding hydrogens is 468 g/mol. The van der Waals surface area contributed by atoms with Gasteiger partial charge < -0.3 is 5.32 Å². The van der Waals surface area contributed by atoms with Crippen LogP contribution in [-0.2, 0) is 14.6 Å². The molecule has 2 fully saturated rings. The standard InChI is InChI=1S/C21H24N4O4S3/c1-2-3-5-9-22-18-15(19(26)24-10-6-4-7-17(24)23-18)12-16-20(27)25(21(30)31-16)14-8-11-32(28,29)13-14/h4,6-7,10,12,14,22H,2-3,5,8-9,11,13H2,1H3/b16-12+. The lowest BCUT2D eigenvalue weighted by molar-refractivity contribution is -0.123. The lowest BCUT2D eigenvalue weighted by atomic mass is 10.2. The SMILES string of the molecule is CCCCCNc1nc2ccccn2c(=O)c1/C=C1/SC(=S)N(C2CCS(=O)(=O)C2)C1=O. The number of amides is 1. The van der Waals surface area contributed by atoms with E-state index in [0.29, 0.717) is 33.7 Å². The Hall–Kier alpha value is -2.24. The molecule has 0 aliphatic carbocycles. The number of hydrogen-bond acceptors (Lipinski definition) is 8. The van der Waals surface area contributed by atoms with E-state index >= 15 is 0 Å². The van der Waals surface area contributed by atoms with Crippen molar-refractivity contribution in [3.8, 4) is 0 Å². The fraction of sp³-hybridized carbons (Fsp3) is 0.429. The molecule has 2 aromatic rings. The lowest BCUT2D eigenvalue weighted by Gasteiger charge is -2.20. The molecule has 1 unspecified atom stereocenters. The van der Waals surface area contributed by atoms with Gasteiger partial charge in [-0.3, -0.25) is 18.9 Å². The number of rotatable bonds is 7. The summed E-state index contributed by atoms with van der Waals surface area (Å²) in [6, 6.07) is 4.85. The van der Waals surface area contributed by atoms with Gasteiger partial charge >= 0.3 is 0 Å². The number of thiocarbonyl (C=S) groups is 1. The number of pyridine rings is 1.